The number of carbonyl (C=O) groups excluding carboxylic acids is 2. The lowest BCUT2D eigenvalue weighted by Gasteiger charge is -2.36. The molecule has 7 heteroatoms. The molecule has 2 amide bonds. The molecule has 0 radical (unpaired) electrons. The molecule has 3 rings (SSSR count). The summed E-state index contributed by atoms with van der Waals surface area (Å²) < 4.78 is 5.38. The van der Waals surface area contributed by atoms with Crippen LogP contribution in [0.3, 0.4) is 0 Å². The summed E-state index contributed by atoms with van der Waals surface area (Å²) in [6, 6.07) is 4.18. The highest BCUT2D eigenvalue weighted by Crippen LogP contribution is 2.23. The number of amides is 2. The SMILES string of the molecule is NC(=O)CN(CC(=O)N1CCN(Cc2ccco2)CC1)C1CCCC1. The number of rotatable bonds is 7. The number of hydrogen-bond donors (Lipinski definition) is 1. The third-order valence-corrected chi connectivity index (χ3v) is 5.22. The van der Waals surface area contributed by atoms with E-state index in [-0.39, 0.29) is 18.4 Å². The maximum atomic E-state index is 12.7. The van der Waals surface area contributed by atoms with Crippen LogP contribution in [0.2, 0.25) is 0 Å². The van der Waals surface area contributed by atoms with Gasteiger partial charge < -0.3 is 15.1 Å². The maximum Gasteiger partial charge on any atom is 0.236 e. The van der Waals surface area contributed by atoms with Crippen molar-refractivity contribution in [3.8, 4) is 0 Å². The molecule has 0 bridgehead atoms. The van der Waals surface area contributed by atoms with Crippen LogP contribution in [0.15, 0.2) is 22.8 Å². The molecular formula is C18H28N4O3. The number of nitrogens with zero attached hydrogens (tertiary/aromatic N) is 3. The summed E-state index contributed by atoms with van der Waals surface area (Å²) in [5.41, 5.74) is 5.38. The first-order valence-electron chi connectivity index (χ1n) is 9.16. The van der Waals surface area contributed by atoms with E-state index < -0.39 is 0 Å². The highest BCUT2D eigenvalue weighted by molar-refractivity contribution is 5.80. The van der Waals surface area contributed by atoms with Gasteiger partial charge in [0.15, 0.2) is 0 Å². The second kappa shape index (κ2) is 8.49. The molecule has 2 heterocycles. The minimum Gasteiger partial charge on any atom is -0.468 e. The maximum absolute atomic E-state index is 12.7. The first-order chi connectivity index (χ1) is 12.1. The highest BCUT2D eigenvalue weighted by Gasteiger charge is 2.28. The molecule has 0 spiro atoms. The lowest BCUT2D eigenvalue weighted by Crippen LogP contribution is -2.52. The molecule has 0 aromatic carbocycles. The van der Waals surface area contributed by atoms with E-state index in [0.717, 1.165) is 38.2 Å². The van der Waals surface area contributed by atoms with E-state index >= 15 is 0 Å². The van der Waals surface area contributed by atoms with Crippen molar-refractivity contribution in [2.24, 2.45) is 5.73 Å². The third-order valence-electron chi connectivity index (χ3n) is 5.22. The lowest BCUT2D eigenvalue weighted by atomic mass is 10.2. The first kappa shape index (κ1) is 17.9. The molecule has 1 saturated heterocycles. The van der Waals surface area contributed by atoms with Gasteiger partial charge in [0.25, 0.3) is 0 Å². The molecule has 2 aliphatic rings. The summed E-state index contributed by atoms with van der Waals surface area (Å²) in [6.07, 6.45) is 6.12. The minimum atomic E-state index is -0.358. The number of carbonyl (C=O) groups is 2. The normalized spacial score (nSPS) is 19.6. The predicted molar refractivity (Wildman–Crippen MR) is 93.6 cm³/mol. The topological polar surface area (TPSA) is 83.0 Å². The number of nitrogens with two attached hydrogens (primary N) is 1. The van der Waals surface area contributed by atoms with Crippen molar-refractivity contribution < 1.29 is 14.0 Å². The van der Waals surface area contributed by atoms with Crippen molar-refractivity contribution in [1.29, 1.82) is 0 Å². The molecule has 7 nitrogen and oxygen atoms in total. The fourth-order valence-corrected chi connectivity index (χ4v) is 3.84. The average Bonchev–Trinajstić information content (AvgIpc) is 3.28. The molecule has 138 valence electrons. The number of furan rings is 1. The highest BCUT2D eigenvalue weighted by atomic mass is 16.3. The van der Waals surface area contributed by atoms with Crippen LogP contribution in [0.5, 0.6) is 0 Å². The van der Waals surface area contributed by atoms with E-state index in [0.29, 0.717) is 25.7 Å². The fraction of sp³-hybridized carbons (Fsp3) is 0.667. The molecule has 2 N–H and O–H groups in total. The van der Waals surface area contributed by atoms with Crippen LogP contribution < -0.4 is 5.73 Å². The van der Waals surface area contributed by atoms with Gasteiger partial charge in [-0.1, -0.05) is 12.8 Å². The molecule has 1 saturated carbocycles. The van der Waals surface area contributed by atoms with Crippen LogP contribution in [0.25, 0.3) is 0 Å². The van der Waals surface area contributed by atoms with E-state index in [4.69, 9.17) is 10.2 Å². The molecule has 1 aliphatic carbocycles. The molecule has 2 fully saturated rings. The zero-order valence-corrected chi connectivity index (χ0v) is 14.7. The van der Waals surface area contributed by atoms with Crippen molar-refractivity contribution in [2.75, 3.05) is 39.3 Å². The van der Waals surface area contributed by atoms with Gasteiger partial charge >= 0.3 is 0 Å². The van der Waals surface area contributed by atoms with Gasteiger partial charge in [-0.2, -0.15) is 0 Å². The van der Waals surface area contributed by atoms with Gasteiger partial charge in [-0.3, -0.25) is 19.4 Å². The fourth-order valence-electron chi connectivity index (χ4n) is 3.84. The van der Waals surface area contributed by atoms with Gasteiger partial charge in [-0.05, 0) is 25.0 Å². The van der Waals surface area contributed by atoms with Crippen molar-refractivity contribution in [3.05, 3.63) is 24.2 Å². The lowest BCUT2D eigenvalue weighted by molar-refractivity contribution is -0.135. The number of hydrogen-bond acceptors (Lipinski definition) is 5. The Labute approximate surface area is 148 Å². The average molecular weight is 348 g/mol. The minimum absolute atomic E-state index is 0.103. The largest absolute Gasteiger partial charge is 0.468 e. The molecule has 1 aromatic heterocycles. The Bertz CT molecular complexity index is 561. The van der Waals surface area contributed by atoms with Crippen molar-refractivity contribution in [1.82, 2.24) is 14.7 Å². The Balaban J connectivity index is 1.48. The van der Waals surface area contributed by atoms with E-state index in [1.54, 1.807) is 6.26 Å². The summed E-state index contributed by atoms with van der Waals surface area (Å²) in [7, 11) is 0. The van der Waals surface area contributed by atoms with Gasteiger partial charge in [0, 0.05) is 32.2 Å². The third kappa shape index (κ3) is 5.06. The standard InChI is InChI=1S/C18H28N4O3/c19-17(23)13-22(15-4-1-2-5-15)14-18(24)21-9-7-20(8-10-21)12-16-6-3-11-25-16/h3,6,11,15H,1-2,4-5,7-10,12-14H2,(H2,19,23). The first-order valence-corrected chi connectivity index (χ1v) is 9.16. The summed E-state index contributed by atoms with van der Waals surface area (Å²) in [6.45, 7) is 4.37. The Hall–Kier alpha value is -1.86. The molecule has 0 atom stereocenters. The van der Waals surface area contributed by atoms with Crippen molar-refractivity contribution in [3.63, 3.8) is 0 Å². The van der Waals surface area contributed by atoms with E-state index in [1.807, 2.05) is 21.9 Å². The van der Waals surface area contributed by atoms with Crippen LogP contribution in [0.4, 0.5) is 0 Å². The van der Waals surface area contributed by atoms with Crippen molar-refractivity contribution >= 4 is 11.8 Å². The Morgan fingerprint density at radius 2 is 1.88 bits per heavy atom. The van der Waals surface area contributed by atoms with Gasteiger partial charge in [-0.25, -0.2) is 0 Å². The Morgan fingerprint density at radius 3 is 2.48 bits per heavy atom. The second-order valence-electron chi connectivity index (χ2n) is 7.05. The van der Waals surface area contributed by atoms with Gasteiger partial charge in [0.05, 0.1) is 25.9 Å². The zero-order chi connectivity index (χ0) is 17.6. The van der Waals surface area contributed by atoms with Gasteiger partial charge in [-0.15, -0.1) is 0 Å². The van der Waals surface area contributed by atoms with E-state index in [9.17, 15) is 9.59 Å². The monoisotopic (exact) mass is 348 g/mol. The molecule has 25 heavy (non-hydrogen) atoms. The Kier molecular flexibility index (Phi) is 6.09. The van der Waals surface area contributed by atoms with Crippen molar-refractivity contribution in [2.45, 2.75) is 38.3 Å². The van der Waals surface area contributed by atoms with E-state index in [1.165, 1.54) is 12.8 Å². The summed E-state index contributed by atoms with van der Waals surface area (Å²) in [4.78, 5) is 30.2. The summed E-state index contributed by atoms with van der Waals surface area (Å²) in [5.74, 6) is 0.697. The van der Waals surface area contributed by atoms with Crippen LogP contribution in [-0.2, 0) is 16.1 Å². The predicted octanol–water partition coefficient (Wildman–Crippen LogP) is 0.654. The number of primary amides is 1. The summed E-state index contributed by atoms with van der Waals surface area (Å²) >= 11 is 0. The van der Waals surface area contributed by atoms with Crippen LogP contribution in [0, 0.1) is 0 Å². The second-order valence-corrected chi connectivity index (χ2v) is 7.05. The zero-order valence-electron chi connectivity index (χ0n) is 14.7. The molecule has 1 aliphatic heterocycles. The van der Waals surface area contributed by atoms with Crippen LogP contribution in [0.1, 0.15) is 31.4 Å². The smallest absolute Gasteiger partial charge is 0.236 e. The van der Waals surface area contributed by atoms with E-state index in [2.05, 4.69) is 4.90 Å². The quantitative estimate of drug-likeness (QED) is 0.782. The van der Waals surface area contributed by atoms with Crippen LogP contribution in [-0.4, -0.2) is 71.8 Å². The van der Waals surface area contributed by atoms with Gasteiger partial charge in [0.1, 0.15) is 5.76 Å². The molecule has 1 aromatic rings. The Morgan fingerprint density at radius 1 is 1.16 bits per heavy atom. The number of piperazine rings is 1. The van der Waals surface area contributed by atoms with Gasteiger partial charge in [0.2, 0.25) is 11.8 Å². The van der Waals surface area contributed by atoms with Crippen LogP contribution >= 0.6 is 0 Å². The molecular weight excluding hydrogens is 320 g/mol. The summed E-state index contributed by atoms with van der Waals surface area (Å²) in [5, 5.41) is 0. The molecule has 0 unspecified atom stereocenters.